The number of carbonyl (C=O) groups is 1. The zero-order valence-corrected chi connectivity index (χ0v) is 7.65. The maximum atomic E-state index is 10.5. The van der Waals surface area contributed by atoms with Crippen LogP contribution in [0.25, 0.3) is 10.1 Å². The third-order valence-corrected chi connectivity index (χ3v) is 3.00. The van der Waals surface area contributed by atoms with Crippen molar-refractivity contribution in [3.05, 3.63) is 34.2 Å². The highest BCUT2D eigenvalue weighted by Crippen LogP contribution is 2.29. The molecule has 0 radical (unpaired) electrons. The van der Waals surface area contributed by atoms with E-state index in [4.69, 9.17) is 11.6 Å². The molecular weight excluding hydrogens is 192 g/mol. The third-order valence-electron chi connectivity index (χ3n) is 1.64. The van der Waals surface area contributed by atoms with Crippen molar-refractivity contribution in [2.45, 2.75) is 0 Å². The van der Waals surface area contributed by atoms with E-state index in [9.17, 15) is 4.79 Å². The molecule has 0 N–H and O–H groups in total. The standard InChI is InChI=1S/C9H5ClOS/c10-8-2-1-3-9-7(8)4-6(5-11)12-9/h1-5H. The number of thiophene rings is 1. The molecule has 0 fully saturated rings. The van der Waals surface area contributed by atoms with Crippen molar-refractivity contribution in [3.8, 4) is 0 Å². The van der Waals surface area contributed by atoms with Crippen LogP contribution in [0, 0.1) is 0 Å². The Morgan fingerprint density at radius 3 is 2.92 bits per heavy atom. The quantitative estimate of drug-likeness (QED) is 0.640. The maximum Gasteiger partial charge on any atom is 0.160 e. The number of hydrogen-bond acceptors (Lipinski definition) is 2. The van der Waals surface area contributed by atoms with Crippen LogP contribution < -0.4 is 0 Å². The van der Waals surface area contributed by atoms with Gasteiger partial charge < -0.3 is 0 Å². The van der Waals surface area contributed by atoms with Gasteiger partial charge in [0.05, 0.1) is 4.88 Å². The molecule has 0 aliphatic carbocycles. The summed E-state index contributed by atoms with van der Waals surface area (Å²) in [6.07, 6.45) is 0.848. The van der Waals surface area contributed by atoms with Crippen molar-refractivity contribution < 1.29 is 4.79 Å². The molecule has 2 rings (SSSR count). The first-order chi connectivity index (χ1) is 5.81. The molecule has 0 saturated heterocycles. The molecule has 3 heteroatoms. The van der Waals surface area contributed by atoms with Crippen molar-refractivity contribution in [1.29, 1.82) is 0 Å². The van der Waals surface area contributed by atoms with Crippen molar-refractivity contribution in [2.75, 3.05) is 0 Å². The molecule has 1 nitrogen and oxygen atoms in total. The second kappa shape index (κ2) is 2.88. The first kappa shape index (κ1) is 7.77. The predicted molar refractivity (Wildman–Crippen MR) is 52.2 cm³/mol. The van der Waals surface area contributed by atoms with E-state index in [1.165, 1.54) is 11.3 Å². The summed E-state index contributed by atoms with van der Waals surface area (Å²) in [5.41, 5.74) is 0. The Hall–Kier alpha value is -0.860. The summed E-state index contributed by atoms with van der Waals surface area (Å²) in [6.45, 7) is 0. The van der Waals surface area contributed by atoms with Crippen LogP contribution in [0.1, 0.15) is 9.67 Å². The molecule has 0 bridgehead atoms. The van der Waals surface area contributed by atoms with Crippen molar-refractivity contribution in [3.63, 3.8) is 0 Å². The summed E-state index contributed by atoms with van der Waals surface area (Å²) in [4.78, 5) is 11.2. The lowest BCUT2D eigenvalue weighted by Gasteiger charge is -1.89. The SMILES string of the molecule is O=Cc1cc2c(Cl)cccc2s1. The molecule has 0 aliphatic heterocycles. The van der Waals surface area contributed by atoms with Gasteiger partial charge in [0.1, 0.15) is 0 Å². The van der Waals surface area contributed by atoms with Gasteiger partial charge >= 0.3 is 0 Å². The molecule has 1 aromatic carbocycles. The van der Waals surface area contributed by atoms with E-state index in [0.717, 1.165) is 21.2 Å². The topological polar surface area (TPSA) is 17.1 Å². The Balaban J connectivity index is 2.82. The highest BCUT2D eigenvalue weighted by molar-refractivity contribution is 7.20. The van der Waals surface area contributed by atoms with Crippen LogP contribution in [-0.2, 0) is 0 Å². The average molecular weight is 197 g/mol. The highest BCUT2D eigenvalue weighted by atomic mass is 35.5. The second-order valence-corrected chi connectivity index (χ2v) is 3.94. The minimum absolute atomic E-state index is 0.705. The summed E-state index contributed by atoms with van der Waals surface area (Å²) in [6, 6.07) is 7.48. The lowest BCUT2D eigenvalue weighted by Crippen LogP contribution is -1.65. The Morgan fingerprint density at radius 2 is 2.25 bits per heavy atom. The molecule has 1 aromatic heterocycles. The number of benzene rings is 1. The minimum atomic E-state index is 0.705. The van der Waals surface area contributed by atoms with E-state index >= 15 is 0 Å². The first-order valence-corrected chi connectivity index (χ1v) is 4.64. The number of aldehydes is 1. The third kappa shape index (κ3) is 1.13. The lowest BCUT2D eigenvalue weighted by molar-refractivity contribution is 0.112. The van der Waals surface area contributed by atoms with Gasteiger partial charge in [0, 0.05) is 15.1 Å². The Kier molecular flexibility index (Phi) is 1.87. The summed E-state index contributed by atoms with van der Waals surface area (Å²) in [5.74, 6) is 0. The largest absolute Gasteiger partial charge is 0.297 e. The van der Waals surface area contributed by atoms with Gasteiger partial charge in [-0.2, -0.15) is 0 Å². The van der Waals surface area contributed by atoms with Crippen LogP contribution in [0.5, 0.6) is 0 Å². The van der Waals surface area contributed by atoms with E-state index in [-0.39, 0.29) is 0 Å². The molecule has 0 unspecified atom stereocenters. The second-order valence-electron chi connectivity index (χ2n) is 2.42. The van der Waals surface area contributed by atoms with Gasteiger partial charge in [0.2, 0.25) is 0 Å². The lowest BCUT2D eigenvalue weighted by atomic mass is 10.2. The highest BCUT2D eigenvalue weighted by Gasteiger charge is 2.02. The smallest absolute Gasteiger partial charge is 0.160 e. The fraction of sp³-hybridized carbons (Fsp3) is 0. The van der Waals surface area contributed by atoms with Crippen molar-refractivity contribution in [2.24, 2.45) is 0 Å². The Bertz CT molecular complexity index is 433. The molecule has 2 aromatic rings. The summed E-state index contributed by atoms with van der Waals surface area (Å²) in [5, 5.41) is 1.67. The summed E-state index contributed by atoms with van der Waals surface area (Å²) < 4.78 is 1.06. The molecule has 12 heavy (non-hydrogen) atoms. The Labute approximate surface area is 78.6 Å². The van der Waals surface area contributed by atoms with E-state index < -0.39 is 0 Å². The van der Waals surface area contributed by atoms with Crippen LogP contribution in [0.15, 0.2) is 24.3 Å². The molecule has 0 saturated carbocycles. The van der Waals surface area contributed by atoms with Crippen LogP contribution >= 0.6 is 22.9 Å². The van der Waals surface area contributed by atoms with E-state index in [1.807, 2.05) is 24.3 Å². The van der Waals surface area contributed by atoms with Gasteiger partial charge in [-0.05, 0) is 18.2 Å². The van der Waals surface area contributed by atoms with Gasteiger partial charge in [-0.15, -0.1) is 11.3 Å². The molecule has 60 valence electrons. The van der Waals surface area contributed by atoms with Gasteiger partial charge in [-0.25, -0.2) is 0 Å². The van der Waals surface area contributed by atoms with Crippen LogP contribution in [0.2, 0.25) is 5.02 Å². The van der Waals surface area contributed by atoms with Gasteiger partial charge in [0.25, 0.3) is 0 Å². The zero-order chi connectivity index (χ0) is 8.55. The fourth-order valence-corrected chi connectivity index (χ4v) is 2.29. The number of fused-ring (bicyclic) bond motifs is 1. The molecule has 0 atom stereocenters. The molecule has 1 heterocycles. The van der Waals surface area contributed by atoms with Crippen molar-refractivity contribution >= 4 is 39.3 Å². The number of hydrogen-bond donors (Lipinski definition) is 0. The fourth-order valence-electron chi connectivity index (χ4n) is 1.10. The van der Waals surface area contributed by atoms with Crippen LogP contribution in [0.3, 0.4) is 0 Å². The van der Waals surface area contributed by atoms with Crippen LogP contribution in [0.4, 0.5) is 0 Å². The minimum Gasteiger partial charge on any atom is -0.297 e. The number of carbonyl (C=O) groups excluding carboxylic acids is 1. The summed E-state index contributed by atoms with van der Waals surface area (Å²) in [7, 11) is 0. The number of rotatable bonds is 1. The van der Waals surface area contributed by atoms with Crippen molar-refractivity contribution in [1.82, 2.24) is 0 Å². The van der Waals surface area contributed by atoms with E-state index in [2.05, 4.69) is 0 Å². The monoisotopic (exact) mass is 196 g/mol. The maximum absolute atomic E-state index is 10.5. The normalized spacial score (nSPS) is 10.4. The van der Waals surface area contributed by atoms with Crippen LogP contribution in [-0.4, -0.2) is 6.29 Å². The van der Waals surface area contributed by atoms with Gasteiger partial charge in [-0.3, -0.25) is 4.79 Å². The van der Waals surface area contributed by atoms with Gasteiger partial charge in [-0.1, -0.05) is 17.7 Å². The molecule has 0 spiro atoms. The van der Waals surface area contributed by atoms with E-state index in [1.54, 1.807) is 0 Å². The zero-order valence-electron chi connectivity index (χ0n) is 6.08. The number of halogens is 1. The molecule has 0 amide bonds. The Morgan fingerprint density at radius 1 is 1.42 bits per heavy atom. The molecule has 0 aliphatic rings. The molecular formula is C9H5ClOS. The average Bonchev–Trinajstić information content (AvgIpc) is 2.49. The predicted octanol–water partition coefficient (Wildman–Crippen LogP) is 3.37. The first-order valence-electron chi connectivity index (χ1n) is 3.44. The van der Waals surface area contributed by atoms with Gasteiger partial charge in [0.15, 0.2) is 6.29 Å². The van der Waals surface area contributed by atoms with E-state index in [0.29, 0.717) is 5.02 Å². The summed E-state index contributed by atoms with van der Waals surface area (Å²) >= 11 is 7.38.